The molecule has 0 spiro atoms. The van der Waals surface area contributed by atoms with Gasteiger partial charge in [-0.05, 0) is 24.0 Å². The maximum Gasteiger partial charge on any atom is 0.0841 e. The van der Waals surface area contributed by atoms with Gasteiger partial charge in [-0.25, -0.2) is 0 Å². The Morgan fingerprint density at radius 2 is 1.42 bits per heavy atom. The third-order valence-electron chi connectivity index (χ3n) is 4.47. The topological polar surface area (TPSA) is 18.5 Å². The molecule has 1 saturated carbocycles. The van der Waals surface area contributed by atoms with E-state index in [9.17, 15) is 0 Å². The minimum absolute atomic E-state index is 0.211. The van der Waals surface area contributed by atoms with E-state index in [0.29, 0.717) is 13.2 Å². The van der Waals surface area contributed by atoms with Crippen LogP contribution in [0.1, 0.15) is 36.8 Å². The first-order chi connectivity index (χ1) is 11.9. The first kappa shape index (κ1) is 16.9. The van der Waals surface area contributed by atoms with Gasteiger partial charge >= 0.3 is 0 Å². The molecule has 0 unspecified atom stereocenters. The van der Waals surface area contributed by atoms with Gasteiger partial charge in [0.1, 0.15) is 0 Å². The van der Waals surface area contributed by atoms with Gasteiger partial charge in [0.25, 0.3) is 0 Å². The Morgan fingerprint density at radius 1 is 0.792 bits per heavy atom. The van der Waals surface area contributed by atoms with Crippen LogP contribution in [0.4, 0.5) is 0 Å². The highest BCUT2D eigenvalue weighted by Crippen LogP contribution is 2.25. The van der Waals surface area contributed by atoms with E-state index in [4.69, 9.17) is 9.47 Å². The summed E-state index contributed by atoms with van der Waals surface area (Å²) in [5, 5.41) is 0. The summed E-state index contributed by atoms with van der Waals surface area (Å²) < 4.78 is 12.2. The van der Waals surface area contributed by atoms with Crippen molar-refractivity contribution in [3.8, 4) is 0 Å². The van der Waals surface area contributed by atoms with Crippen molar-refractivity contribution in [3.05, 3.63) is 77.9 Å². The van der Waals surface area contributed by atoms with Crippen LogP contribution in [-0.4, -0.2) is 18.8 Å². The van der Waals surface area contributed by atoms with Crippen molar-refractivity contribution < 1.29 is 9.47 Å². The molecular weight excluding hydrogens is 296 g/mol. The molecule has 0 aliphatic heterocycles. The van der Waals surface area contributed by atoms with Crippen LogP contribution in [0, 0.1) is 0 Å². The van der Waals surface area contributed by atoms with Gasteiger partial charge in [-0.1, -0.05) is 85.7 Å². The Bertz CT molecular complexity index is 606. The average molecular weight is 322 g/mol. The van der Waals surface area contributed by atoms with Crippen LogP contribution in [0.5, 0.6) is 0 Å². The standard InChI is InChI=1S/C22H26O2/c1-3-10-19(11-4-1)14-9-17-23-21-15-7-8-16-22(21)24-18-20-12-5-2-6-13-20/h1-6,9-14,21-22H,7-8,15-18H2/b14-9+/t21-,22-/m0/s1. The smallest absolute Gasteiger partial charge is 0.0841 e. The second-order valence-electron chi connectivity index (χ2n) is 6.30. The molecule has 2 aromatic rings. The molecule has 0 radical (unpaired) electrons. The van der Waals surface area contributed by atoms with Crippen LogP contribution in [0.15, 0.2) is 66.7 Å². The summed E-state index contributed by atoms with van der Waals surface area (Å²) in [5.41, 5.74) is 2.44. The fourth-order valence-electron chi connectivity index (χ4n) is 3.15. The summed E-state index contributed by atoms with van der Waals surface area (Å²) >= 11 is 0. The number of hydrogen-bond acceptors (Lipinski definition) is 2. The Hall–Kier alpha value is -1.90. The van der Waals surface area contributed by atoms with Gasteiger partial charge in [-0.15, -0.1) is 0 Å². The average Bonchev–Trinajstić information content (AvgIpc) is 2.66. The van der Waals surface area contributed by atoms with E-state index >= 15 is 0 Å². The zero-order valence-corrected chi connectivity index (χ0v) is 14.1. The van der Waals surface area contributed by atoms with E-state index in [0.717, 1.165) is 12.8 Å². The molecule has 2 nitrogen and oxygen atoms in total. The van der Waals surface area contributed by atoms with Crippen LogP contribution in [-0.2, 0) is 16.1 Å². The third-order valence-corrected chi connectivity index (χ3v) is 4.47. The van der Waals surface area contributed by atoms with E-state index in [2.05, 4.69) is 60.7 Å². The van der Waals surface area contributed by atoms with Gasteiger partial charge in [0.15, 0.2) is 0 Å². The summed E-state index contributed by atoms with van der Waals surface area (Å²) in [7, 11) is 0. The molecule has 0 bridgehead atoms. The molecule has 1 aliphatic rings. The van der Waals surface area contributed by atoms with Gasteiger partial charge in [-0.3, -0.25) is 0 Å². The van der Waals surface area contributed by atoms with Gasteiger partial charge in [0, 0.05) is 0 Å². The van der Waals surface area contributed by atoms with Crippen molar-refractivity contribution in [2.75, 3.05) is 6.61 Å². The van der Waals surface area contributed by atoms with Crippen LogP contribution in [0.3, 0.4) is 0 Å². The number of rotatable bonds is 7. The minimum atomic E-state index is 0.211. The molecule has 0 N–H and O–H groups in total. The molecule has 24 heavy (non-hydrogen) atoms. The molecule has 0 amide bonds. The molecule has 0 saturated heterocycles. The van der Waals surface area contributed by atoms with Gasteiger partial charge in [-0.2, -0.15) is 0 Å². The predicted octanol–water partition coefficient (Wildman–Crippen LogP) is 5.24. The summed E-state index contributed by atoms with van der Waals surface area (Å²) in [6, 6.07) is 20.7. The van der Waals surface area contributed by atoms with Crippen molar-refractivity contribution in [2.24, 2.45) is 0 Å². The van der Waals surface area contributed by atoms with Crippen molar-refractivity contribution in [3.63, 3.8) is 0 Å². The van der Waals surface area contributed by atoms with Crippen molar-refractivity contribution in [1.82, 2.24) is 0 Å². The molecule has 0 heterocycles. The van der Waals surface area contributed by atoms with Crippen LogP contribution < -0.4 is 0 Å². The molecular formula is C22H26O2. The fraction of sp³-hybridized carbons (Fsp3) is 0.364. The van der Waals surface area contributed by atoms with Crippen LogP contribution >= 0.6 is 0 Å². The number of benzene rings is 2. The minimum Gasteiger partial charge on any atom is -0.371 e. The van der Waals surface area contributed by atoms with Gasteiger partial charge in [0.2, 0.25) is 0 Å². The van der Waals surface area contributed by atoms with Crippen molar-refractivity contribution >= 4 is 6.08 Å². The maximum atomic E-state index is 6.15. The van der Waals surface area contributed by atoms with Gasteiger partial charge in [0.05, 0.1) is 25.4 Å². The molecule has 0 aromatic heterocycles. The Morgan fingerprint density at radius 3 is 2.12 bits per heavy atom. The molecule has 2 aromatic carbocycles. The summed E-state index contributed by atoms with van der Waals surface area (Å²) in [6.07, 6.45) is 9.29. The molecule has 126 valence electrons. The number of ether oxygens (including phenoxy) is 2. The molecule has 2 atom stereocenters. The summed E-state index contributed by atoms with van der Waals surface area (Å²) in [6.45, 7) is 1.32. The largest absolute Gasteiger partial charge is 0.371 e. The lowest BCUT2D eigenvalue weighted by Crippen LogP contribution is -2.34. The van der Waals surface area contributed by atoms with Crippen LogP contribution in [0.25, 0.3) is 6.08 Å². The first-order valence-electron chi connectivity index (χ1n) is 8.90. The number of hydrogen-bond donors (Lipinski definition) is 0. The van der Waals surface area contributed by atoms with Crippen molar-refractivity contribution in [1.29, 1.82) is 0 Å². The normalized spacial score (nSPS) is 21.2. The quantitative estimate of drug-likeness (QED) is 0.693. The second kappa shape index (κ2) is 9.41. The zero-order valence-electron chi connectivity index (χ0n) is 14.1. The molecule has 1 fully saturated rings. The Kier molecular flexibility index (Phi) is 6.64. The highest BCUT2D eigenvalue weighted by Gasteiger charge is 2.26. The Balaban J connectivity index is 1.46. The highest BCUT2D eigenvalue weighted by molar-refractivity contribution is 5.48. The monoisotopic (exact) mass is 322 g/mol. The lowest BCUT2D eigenvalue weighted by Gasteiger charge is -2.31. The highest BCUT2D eigenvalue weighted by atomic mass is 16.5. The van der Waals surface area contributed by atoms with E-state index in [1.807, 2.05) is 12.1 Å². The van der Waals surface area contributed by atoms with E-state index in [1.54, 1.807) is 0 Å². The lowest BCUT2D eigenvalue weighted by molar-refractivity contribution is -0.0915. The fourth-order valence-corrected chi connectivity index (χ4v) is 3.15. The summed E-state index contributed by atoms with van der Waals surface area (Å²) in [4.78, 5) is 0. The van der Waals surface area contributed by atoms with E-state index < -0.39 is 0 Å². The second-order valence-corrected chi connectivity index (χ2v) is 6.30. The summed E-state index contributed by atoms with van der Waals surface area (Å²) in [5.74, 6) is 0. The molecule has 2 heteroatoms. The van der Waals surface area contributed by atoms with E-state index in [-0.39, 0.29) is 12.2 Å². The van der Waals surface area contributed by atoms with Crippen LogP contribution in [0.2, 0.25) is 0 Å². The van der Waals surface area contributed by atoms with Gasteiger partial charge < -0.3 is 9.47 Å². The Labute approximate surface area is 145 Å². The molecule has 3 rings (SSSR count). The SMILES string of the molecule is C(=C\c1ccccc1)/CO[C@H]1CCCC[C@@H]1OCc1ccccc1. The first-order valence-corrected chi connectivity index (χ1v) is 8.90. The maximum absolute atomic E-state index is 6.15. The zero-order chi connectivity index (χ0) is 16.5. The predicted molar refractivity (Wildman–Crippen MR) is 98.7 cm³/mol. The van der Waals surface area contributed by atoms with Crippen molar-refractivity contribution in [2.45, 2.75) is 44.5 Å². The molecule has 1 aliphatic carbocycles. The lowest BCUT2D eigenvalue weighted by atomic mass is 9.94. The third kappa shape index (κ3) is 5.33. The van der Waals surface area contributed by atoms with E-state index in [1.165, 1.54) is 24.0 Å².